The first kappa shape index (κ1) is 13.2. The average Bonchev–Trinajstić information content (AvgIpc) is 2.41. The van der Waals surface area contributed by atoms with Crippen LogP contribution in [0.2, 0.25) is 0 Å². The minimum absolute atomic E-state index is 0.0573. The van der Waals surface area contributed by atoms with Gasteiger partial charge in [-0.1, -0.05) is 6.92 Å². The van der Waals surface area contributed by atoms with E-state index in [9.17, 15) is 9.59 Å². The number of carboxylic acids is 1. The number of anilines is 2. The number of fused-ring (bicyclic) bond motifs is 1. The quantitative estimate of drug-likeness (QED) is 0.853. The number of nitrogens with zero attached hydrogens (tertiary/aromatic N) is 1. The molecule has 1 aliphatic rings. The number of ether oxygens (including phenoxy) is 1. The molecule has 0 saturated heterocycles. The molecule has 2 rings (SSSR count). The summed E-state index contributed by atoms with van der Waals surface area (Å²) < 4.78 is 5.34. The van der Waals surface area contributed by atoms with Gasteiger partial charge in [0.2, 0.25) is 0 Å². The number of nitrogens with one attached hydrogen (secondary N) is 1. The van der Waals surface area contributed by atoms with Gasteiger partial charge in [-0.05, 0) is 18.2 Å². The van der Waals surface area contributed by atoms with Crippen LogP contribution >= 0.6 is 0 Å². The van der Waals surface area contributed by atoms with Crippen LogP contribution < -0.4 is 15.0 Å². The summed E-state index contributed by atoms with van der Waals surface area (Å²) in [5.41, 5.74) is 1.45. The SMILES string of the molecule is CNc1ccc2c(c1)N(CC(C)C(=O)O)C(=O)CO2. The maximum absolute atomic E-state index is 11.9. The zero-order chi connectivity index (χ0) is 14.0. The summed E-state index contributed by atoms with van der Waals surface area (Å²) >= 11 is 0. The average molecular weight is 264 g/mol. The van der Waals surface area contributed by atoms with Crippen molar-refractivity contribution >= 4 is 23.3 Å². The molecule has 1 aromatic carbocycles. The number of carboxylic acid groups (broad SMARTS) is 1. The lowest BCUT2D eigenvalue weighted by Gasteiger charge is -2.30. The van der Waals surface area contributed by atoms with E-state index in [1.54, 1.807) is 26.1 Å². The lowest BCUT2D eigenvalue weighted by Crippen LogP contribution is -2.42. The molecule has 6 heteroatoms. The van der Waals surface area contributed by atoms with E-state index in [0.717, 1.165) is 5.69 Å². The Balaban J connectivity index is 2.33. The van der Waals surface area contributed by atoms with Crippen molar-refractivity contribution in [3.8, 4) is 5.75 Å². The Morgan fingerprint density at radius 3 is 2.95 bits per heavy atom. The first-order chi connectivity index (χ1) is 9.02. The van der Waals surface area contributed by atoms with Crippen LogP contribution in [0.5, 0.6) is 5.75 Å². The third kappa shape index (κ3) is 2.62. The molecule has 0 fully saturated rings. The van der Waals surface area contributed by atoms with Crippen LogP contribution in [0.15, 0.2) is 18.2 Å². The molecule has 1 unspecified atom stereocenters. The number of amides is 1. The first-order valence-electron chi connectivity index (χ1n) is 6.00. The molecule has 102 valence electrons. The van der Waals surface area contributed by atoms with Gasteiger partial charge in [-0.15, -0.1) is 0 Å². The van der Waals surface area contributed by atoms with Gasteiger partial charge >= 0.3 is 5.97 Å². The van der Waals surface area contributed by atoms with Crippen LogP contribution in [0.25, 0.3) is 0 Å². The normalized spacial score (nSPS) is 15.5. The molecule has 1 heterocycles. The molecular weight excluding hydrogens is 248 g/mol. The second kappa shape index (κ2) is 5.17. The number of rotatable bonds is 4. The Morgan fingerprint density at radius 2 is 2.32 bits per heavy atom. The van der Waals surface area contributed by atoms with E-state index < -0.39 is 11.9 Å². The fourth-order valence-corrected chi connectivity index (χ4v) is 1.91. The molecule has 1 amide bonds. The second-order valence-electron chi connectivity index (χ2n) is 4.46. The highest BCUT2D eigenvalue weighted by molar-refractivity contribution is 5.98. The smallest absolute Gasteiger partial charge is 0.308 e. The number of benzene rings is 1. The molecule has 1 atom stereocenters. The van der Waals surface area contributed by atoms with E-state index in [-0.39, 0.29) is 19.1 Å². The Morgan fingerprint density at radius 1 is 1.58 bits per heavy atom. The molecule has 1 aromatic rings. The van der Waals surface area contributed by atoms with E-state index in [4.69, 9.17) is 9.84 Å². The molecule has 6 nitrogen and oxygen atoms in total. The van der Waals surface area contributed by atoms with Crippen LogP contribution in [-0.4, -0.2) is 37.2 Å². The van der Waals surface area contributed by atoms with Crippen molar-refractivity contribution in [3.05, 3.63) is 18.2 Å². The zero-order valence-electron chi connectivity index (χ0n) is 10.8. The largest absolute Gasteiger partial charge is 0.482 e. The van der Waals surface area contributed by atoms with Gasteiger partial charge < -0.3 is 20.1 Å². The van der Waals surface area contributed by atoms with E-state index in [2.05, 4.69) is 5.32 Å². The summed E-state index contributed by atoms with van der Waals surface area (Å²) in [4.78, 5) is 24.3. The summed E-state index contributed by atoms with van der Waals surface area (Å²) in [6.45, 7) is 1.66. The number of hydrogen-bond acceptors (Lipinski definition) is 4. The van der Waals surface area contributed by atoms with Crippen LogP contribution in [0.4, 0.5) is 11.4 Å². The third-order valence-corrected chi connectivity index (χ3v) is 3.07. The monoisotopic (exact) mass is 264 g/mol. The maximum Gasteiger partial charge on any atom is 0.308 e. The summed E-state index contributed by atoms with van der Waals surface area (Å²) in [6.07, 6.45) is 0. The van der Waals surface area contributed by atoms with Crippen LogP contribution in [0.3, 0.4) is 0 Å². The van der Waals surface area contributed by atoms with Crippen molar-refractivity contribution in [2.75, 3.05) is 30.4 Å². The molecular formula is C13H16N2O4. The van der Waals surface area contributed by atoms with Crippen molar-refractivity contribution in [1.29, 1.82) is 0 Å². The molecule has 0 radical (unpaired) electrons. The van der Waals surface area contributed by atoms with Gasteiger partial charge in [-0.3, -0.25) is 9.59 Å². The number of hydrogen-bond donors (Lipinski definition) is 2. The molecule has 2 N–H and O–H groups in total. The Bertz CT molecular complexity index is 515. The number of carbonyl (C=O) groups is 2. The standard InChI is InChI=1S/C13H16N2O4/c1-8(13(17)18)6-15-10-5-9(14-2)3-4-11(10)19-7-12(15)16/h3-5,8,14H,6-7H2,1-2H3,(H,17,18). The van der Waals surface area contributed by atoms with Gasteiger partial charge in [0.25, 0.3) is 5.91 Å². The van der Waals surface area contributed by atoms with Gasteiger partial charge in [0.05, 0.1) is 11.6 Å². The van der Waals surface area contributed by atoms with E-state index in [1.165, 1.54) is 4.90 Å². The molecule has 0 saturated carbocycles. The maximum atomic E-state index is 11.9. The second-order valence-corrected chi connectivity index (χ2v) is 4.46. The van der Waals surface area contributed by atoms with Crippen molar-refractivity contribution in [2.24, 2.45) is 5.92 Å². The molecule has 0 aliphatic carbocycles. The Labute approximate surface area is 111 Å². The topological polar surface area (TPSA) is 78.9 Å². The Hall–Kier alpha value is -2.24. The van der Waals surface area contributed by atoms with Crippen molar-refractivity contribution in [3.63, 3.8) is 0 Å². The highest BCUT2D eigenvalue weighted by Gasteiger charge is 2.28. The first-order valence-corrected chi connectivity index (χ1v) is 6.00. The minimum Gasteiger partial charge on any atom is -0.482 e. The van der Waals surface area contributed by atoms with Gasteiger partial charge in [0.15, 0.2) is 6.61 Å². The van der Waals surface area contributed by atoms with Crippen LogP contribution in [0.1, 0.15) is 6.92 Å². The fraction of sp³-hybridized carbons (Fsp3) is 0.385. The van der Waals surface area contributed by atoms with E-state index in [0.29, 0.717) is 11.4 Å². The van der Waals surface area contributed by atoms with Crippen LogP contribution in [0, 0.1) is 5.92 Å². The number of aliphatic carboxylic acids is 1. The Kier molecular flexibility index (Phi) is 3.59. The molecule has 1 aliphatic heterocycles. The van der Waals surface area contributed by atoms with Gasteiger partial charge in [0.1, 0.15) is 5.75 Å². The zero-order valence-corrected chi connectivity index (χ0v) is 10.8. The minimum atomic E-state index is -0.925. The fourth-order valence-electron chi connectivity index (χ4n) is 1.91. The van der Waals surface area contributed by atoms with Gasteiger partial charge in [-0.2, -0.15) is 0 Å². The third-order valence-electron chi connectivity index (χ3n) is 3.07. The predicted octanol–water partition coefficient (Wildman–Crippen LogP) is 1.17. The van der Waals surface area contributed by atoms with Crippen molar-refractivity contribution in [2.45, 2.75) is 6.92 Å². The lowest BCUT2D eigenvalue weighted by molar-refractivity contribution is -0.140. The van der Waals surface area contributed by atoms with E-state index in [1.807, 2.05) is 6.07 Å². The van der Waals surface area contributed by atoms with Gasteiger partial charge in [-0.25, -0.2) is 0 Å². The summed E-state index contributed by atoms with van der Waals surface area (Å²) in [6, 6.07) is 5.39. The number of carbonyl (C=O) groups excluding carboxylic acids is 1. The highest BCUT2D eigenvalue weighted by Crippen LogP contribution is 2.34. The van der Waals surface area contributed by atoms with Crippen molar-refractivity contribution in [1.82, 2.24) is 0 Å². The lowest BCUT2D eigenvalue weighted by atomic mass is 10.1. The van der Waals surface area contributed by atoms with Gasteiger partial charge in [0, 0.05) is 19.3 Å². The molecule has 0 bridgehead atoms. The molecule has 0 spiro atoms. The molecule has 19 heavy (non-hydrogen) atoms. The highest BCUT2D eigenvalue weighted by atomic mass is 16.5. The summed E-state index contributed by atoms with van der Waals surface area (Å²) in [5, 5.41) is 11.9. The van der Waals surface area contributed by atoms with Crippen LogP contribution in [-0.2, 0) is 9.59 Å². The van der Waals surface area contributed by atoms with E-state index >= 15 is 0 Å². The summed E-state index contributed by atoms with van der Waals surface area (Å²) in [7, 11) is 1.78. The van der Waals surface area contributed by atoms with Crippen molar-refractivity contribution < 1.29 is 19.4 Å². The predicted molar refractivity (Wildman–Crippen MR) is 70.6 cm³/mol. The summed E-state index contributed by atoms with van der Waals surface area (Å²) in [5.74, 6) is -1.19. The molecule has 0 aromatic heterocycles.